The SMILES string of the molecule is Nc1cc(F)c(N2C=CC(=O)CC2)c(F)c1F. The number of hydrogen-bond acceptors (Lipinski definition) is 3. The Morgan fingerprint density at radius 2 is 1.94 bits per heavy atom. The van der Waals surface area contributed by atoms with Gasteiger partial charge in [-0.15, -0.1) is 0 Å². The predicted octanol–water partition coefficient (Wildman–Crippen LogP) is 1.98. The highest BCUT2D eigenvalue weighted by Gasteiger charge is 2.23. The molecule has 1 aliphatic heterocycles. The summed E-state index contributed by atoms with van der Waals surface area (Å²) in [6.45, 7) is 0.104. The van der Waals surface area contributed by atoms with E-state index >= 15 is 0 Å². The third-order valence-corrected chi connectivity index (χ3v) is 2.49. The average Bonchev–Trinajstić information content (AvgIpc) is 2.29. The number of ketones is 1. The van der Waals surface area contributed by atoms with Crippen molar-refractivity contribution in [3.05, 3.63) is 35.8 Å². The molecule has 3 nitrogen and oxygen atoms in total. The third-order valence-electron chi connectivity index (χ3n) is 2.49. The molecule has 0 saturated carbocycles. The Balaban J connectivity index is 2.49. The number of nitrogens with two attached hydrogens (primary N) is 1. The predicted molar refractivity (Wildman–Crippen MR) is 56.8 cm³/mol. The van der Waals surface area contributed by atoms with Crippen LogP contribution < -0.4 is 10.6 Å². The van der Waals surface area contributed by atoms with E-state index in [1.54, 1.807) is 0 Å². The molecular formula is C11H9F3N2O. The summed E-state index contributed by atoms with van der Waals surface area (Å²) in [6, 6.07) is 0.720. The molecule has 0 aliphatic carbocycles. The number of allylic oxidation sites excluding steroid dienone is 1. The molecule has 0 unspecified atom stereocenters. The van der Waals surface area contributed by atoms with E-state index in [1.807, 2.05) is 0 Å². The molecule has 0 fully saturated rings. The summed E-state index contributed by atoms with van der Waals surface area (Å²) in [6.07, 6.45) is 2.54. The van der Waals surface area contributed by atoms with Crippen LogP contribution in [0, 0.1) is 17.5 Å². The molecule has 0 radical (unpaired) electrons. The molecule has 0 aromatic heterocycles. The fourth-order valence-electron chi connectivity index (χ4n) is 1.61. The Kier molecular flexibility index (Phi) is 2.79. The van der Waals surface area contributed by atoms with Gasteiger partial charge in [-0.1, -0.05) is 0 Å². The molecule has 1 aromatic carbocycles. The Bertz CT molecular complexity index is 514. The number of rotatable bonds is 1. The zero-order valence-electron chi connectivity index (χ0n) is 8.71. The van der Waals surface area contributed by atoms with Gasteiger partial charge in [0.1, 0.15) is 5.69 Å². The van der Waals surface area contributed by atoms with Crippen LogP contribution in [0.3, 0.4) is 0 Å². The van der Waals surface area contributed by atoms with Crippen molar-refractivity contribution >= 4 is 17.2 Å². The van der Waals surface area contributed by atoms with E-state index in [0.29, 0.717) is 0 Å². The molecule has 1 aliphatic rings. The summed E-state index contributed by atoms with van der Waals surface area (Å²) in [5.74, 6) is -3.73. The highest BCUT2D eigenvalue weighted by atomic mass is 19.2. The third kappa shape index (κ3) is 1.98. The summed E-state index contributed by atoms with van der Waals surface area (Å²) in [5, 5.41) is 0. The first kappa shape index (κ1) is 11.5. The van der Waals surface area contributed by atoms with Gasteiger partial charge in [0.15, 0.2) is 23.2 Å². The fraction of sp³-hybridized carbons (Fsp3) is 0.182. The van der Waals surface area contributed by atoms with Crippen molar-refractivity contribution in [1.82, 2.24) is 0 Å². The summed E-state index contributed by atoms with van der Waals surface area (Å²) >= 11 is 0. The molecule has 0 bridgehead atoms. The lowest BCUT2D eigenvalue weighted by molar-refractivity contribution is -0.114. The van der Waals surface area contributed by atoms with Crippen LogP contribution in [0.2, 0.25) is 0 Å². The topological polar surface area (TPSA) is 46.3 Å². The molecule has 0 spiro atoms. The largest absolute Gasteiger partial charge is 0.396 e. The van der Waals surface area contributed by atoms with E-state index in [0.717, 1.165) is 11.0 Å². The van der Waals surface area contributed by atoms with Gasteiger partial charge < -0.3 is 10.6 Å². The van der Waals surface area contributed by atoms with E-state index in [9.17, 15) is 18.0 Å². The van der Waals surface area contributed by atoms with Crippen LogP contribution in [-0.4, -0.2) is 12.3 Å². The summed E-state index contributed by atoms with van der Waals surface area (Å²) in [4.78, 5) is 12.1. The van der Waals surface area contributed by atoms with Gasteiger partial charge in [-0.05, 0) is 6.08 Å². The molecule has 0 saturated heterocycles. The lowest BCUT2D eigenvalue weighted by Crippen LogP contribution is -2.26. The van der Waals surface area contributed by atoms with Crippen molar-refractivity contribution in [2.45, 2.75) is 6.42 Å². The first-order valence-electron chi connectivity index (χ1n) is 4.91. The van der Waals surface area contributed by atoms with Crippen molar-refractivity contribution in [1.29, 1.82) is 0 Å². The maximum atomic E-state index is 13.5. The molecule has 2 N–H and O–H groups in total. The normalized spacial score (nSPS) is 15.5. The lowest BCUT2D eigenvalue weighted by Gasteiger charge is -2.24. The lowest BCUT2D eigenvalue weighted by atomic mass is 10.1. The van der Waals surface area contributed by atoms with Gasteiger partial charge >= 0.3 is 0 Å². The highest BCUT2D eigenvalue weighted by Crippen LogP contribution is 2.30. The number of anilines is 2. The number of nitrogens with zero attached hydrogens (tertiary/aromatic N) is 1. The van der Waals surface area contributed by atoms with Crippen LogP contribution in [-0.2, 0) is 4.79 Å². The quantitative estimate of drug-likeness (QED) is 0.605. The molecular weight excluding hydrogens is 233 g/mol. The standard InChI is InChI=1S/C11H9F3N2O/c12-7-5-8(15)9(13)10(14)11(7)16-3-1-6(17)2-4-16/h1,3,5H,2,4,15H2. The van der Waals surface area contributed by atoms with Crippen molar-refractivity contribution in [2.75, 3.05) is 17.2 Å². The zero-order valence-corrected chi connectivity index (χ0v) is 8.71. The minimum atomic E-state index is -1.35. The number of hydrogen-bond donors (Lipinski definition) is 1. The monoisotopic (exact) mass is 242 g/mol. The fourth-order valence-corrected chi connectivity index (χ4v) is 1.61. The molecule has 17 heavy (non-hydrogen) atoms. The van der Waals surface area contributed by atoms with Gasteiger partial charge in [0.2, 0.25) is 0 Å². The second-order valence-corrected chi connectivity index (χ2v) is 3.65. The van der Waals surface area contributed by atoms with E-state index in [1.165, 1.54) is 12.3 Å². The number of carbonyl (C=O) groups is 1. The van der Waals surface area contributed by atoms with Gasteiger partial charge in [0.05, 0.1) is 5.69 Å². The van der Waals surface area contributed by atoms with E-state index < -0.39 is 28.8 Å². The molecule has 6 heteroatoms. The Morgan fingerprint density at radius 3 is 2.53 bits per heavy atom. The Hall–Kier alpha value is -1.98. The van der Waals surface area contributed by atoms with E-state index in [4.69, 9.17) is 5.73 Å². The van der Waals surface area contributed by atoms with Crippen LogP contribution in [0.15, 0.2) is 18.3 Å². The Morgan fingerprint density at radius 1 is 1.24 bits per heavy atom. The van der Waals surface area contributed by atoms with Gasteiger partial charge in [0.25, 0.3) is 0 Å². The highest BCUT2D eigenvalue weighted by molar-refractivity contribution is 5.91. The molecule has 90 valence electrons. The summed E-state index contributed by atoms with van der Waals surface area (Å²) in [5.41, 5.74) is 3.99. The van der Waals surface area contributed by atoms with Crippen LogP contribution >= 0.6 is 0 Å². The van der Waals surface area contributed by atoms with Crippen LogP contribution in [0.5, 0.6) is 0 Å². The first-order chi connectivity index (χ1) is 8.00. The molecule has 2 rings (SSSR count). The van der Waals surface area contributed by atoms with Crippen LogP contribution in [0.1, 0.15) is 6.42 Å². The first-order valence-corrected chi connectivity index (χ1v) is 4.91. The number of halogens is 3. The second-order valence-electron chi connectivity index (χ2n) is 3.65. The van der Waals surface area contributed by atoms with Crippen molar-refractivity contribution in [3.8, 4) is 0 Å². The Labute approximate surface area is 95.3 Å². The maximum Gasteiger partial charge on any atom is 0.187 e. The van der Waals surface area contributed by atoms with E-state index in [-0.39, 0.29) is 18.7 Å². The minimum Gasteiger partial charge on any atom is -0.396 e. The number of benzene rings is 1. The maximum absolute atomic E-state index is 13.5. The average molecular weight is 242 g/mol. The van der Waals surface area contributed by atoms with Crippen LogP contribution in [0.4, 0.5) is 24.5 Å². The van der Waals surface area contributed by atoms with Crippen molar-refractivity contribution in [3.63, 3.8) is 0 Å². The number of nitrogen functional groups attached to an aromatic ring is 1. The molecule has 1 aromatic rings. The van der Waals surface area contributed by atoms with E-state index in [2.05, 4.69) is 0 Å². The summed E-state index contributed by atoms with van der Waals surface area (Å²) in [7, 11) is 0. The van der Waals surface area contributed by atoms with Crippen molar-refractivity contribution < 1.29 is 18.0 Å². The van der Waals surface area contributed by atoms with Gasteiger partial charge in [0, 0.05) is 25.2 Å². The molecule has 0 amide bonds. The molecule has 0 atom stereocenters. The van der Waals surface area contributed by atoms with Gasteiger partial charge in [-0.3, -0.25) is 4.79 Å². The van der Waals surface area contributed by atoms with Crippen molar-refractivity contribution in [2.24, 2.45) is 0 Å². The second kappa shape index (κ2) is 4.12. The molecule has 1 heterocycles. The van der Waals surface area contributed by atoms with Gasteiger partial charge in [-0.25, -0.2) is 13.2 Å². The zero-order chi connectivity index (χ0) is 12.6. The smallest absolute Gasteiger partial charge is 0.187 e. The van der Waals surface area contributed by atoms with Gasteiger partial charge in [-0.2, -0.15) is 0 Å². The summed E-state index contributed by atoms with van der Waals surface area (Å²) < 4.78 is 40.3. The number of carbonyl (C=O) groups excluding carboxylic acids is 1. The van der Waals surface area contributed by atoms with Crippen LogP contribution in [0.25, 0.3) is 0 Å². The minimum absolute atomic E-state index is 0.104.